The van der Waals surface area contributed by atoms with Gasteiger partial charge in [-0.25, -0.2) is 0 Å². The van der Waals surface area contributed by atoms with E-state index in [2.05, 4.69) is 6.92 Å². The van der Waals surface area contributed by atoms with Crippen LogP contribution in [0.5, 0.6) is 0 Å². The molecule has 19 heavy (non-hydrogen) atoms. The van der Waals surface area contributed by atoms with Crippen molar-refractivity contribution in [1.29, 1.82) is 0 Å². The summed E-state index contributed by atoms with van der Waals surface area (Å²) in [5, 5.41) is 8.49. The minimum absolute atomic E-state index is 0. The van der Waals surface area contributed by atoms with E-state index in [9.17, 15) is 4.79 Å². The first-order valence-electron chi connectivity index (χ1n) is 7.99. The molecule has 0 aliphatic rings. The Morgan fingerprint density at radius 3 is 1.32 bits per heavy atom. The molecule has 0 saturated carbocycles. The Bertz CT molecular complexity index is 184. The van der Waals surface area contributed by atoms with Crippen molar-refractivity contribution < 1.29 is 9.90 Å². The third kappa shape index (κ3) is 20.8. The molecule has 0 unspecified atom stereocenters. The Morgan fingerprint density at radius 1 is 0.684 bits per heavy atom. The summed E-state index contributed by atoms with van der Waals surface area (Å²) in [6, 6.07) is 0. The number of carbonyl (C=O) groups is 1. The second kappa shape index (κ2) is 18.3. The Kier molecular flexibility index (Phi) is 20.8. The molecule has 0 bridgehead atoms. The van der Waals surface area contributed by atoms with Crippen LogP contribution in [-0.4, -0.2) is 35.5 Å². The average Bonchev–Trinajstić information content (AvgIpc) is 2.34. The molecule has 0 fully saturated rings. The normalized spacial score (nSPS) is 10.2. The summed E-state index contributed by atoms with van der Waals surface area (Å²) in [5.41, 5.74) is 0. The number of carboxylic acids is 1. The van der Waals surface area contributed by atoms with E-state index in [1.54, 1.807) is 0 Å². The first-order chi connectivity index (χ1) is 8.77. The van der Waals surface area contributed by atoms with E-state index >= 15 is 0 Å². The minimum atomic E-state index is -0.655. The summed E-state index contributed by atoms with van der Waals surface area (Å²) >= 11 is 0. The van der Waals surface area contributed by atoms with Crippen LogP contribution in [0, 0.1) is 0 Å². The van der Waals surface area contributed by atoms with Gasteiger partial charge in [0, 0.05) is 6.42 Å². The third-order valence-electron chi connectivity index (χ3n) is 3.49. The molecule has 1 N–H and O–H groups in total. The van der Waals surface area contributed by atoms with Gasteiger partial charge in [0.25, 0.3) is 0 Å². The van der Waals surface area contributed by atoms with Gasteiger partial charge in [-0.2, -0.15) is 0 Å². The van der Waals surface area contributed by atoms with Crippen molar-refractivity contribution in [2.24, 2.45) is 0 Å². The molecule has 0 spiro atoms. The van der Waals surface area contributed by atoms with Crippen LogP contribution < -0.4 is 0 Å². The van der Waals surface area contributed by atoms with E-state index in [-0.39, 0.29) is 24.4 Å². The molecule has 3 heteroatoms. The Labute approximate surface area is 137 Å². The predicted octanol–water partition coefficient (Wildman–Crippen LogP) is 4.37. The second-order valence-electron chi connectivity index (χ2n) is 5.39. The van der Waals surface area contributed by atoms with Crippen molar-refractivity contribution in [2.45, 2.75) is 96.8 Å². The number of unbranched alkanes of at least 4 members (excludes halogenated alkanes) is 12. The summed E-state index contributed by atoms with van der Waals surface area (Å²) in [6.45, 7) is 2.26. The van der Waals surface area contributed by atoms with Crippen LogP contribution in [0.4, 0.5) is 0 Å². The third-order valence-corrected chi connectivity index (χ3v) is 3.49. The Balaban J connectivity index is 0. The van der Waals surface area contributed by atoms with Crippen molar-refractivity contribution in [2.75, 3.05) is 0 Å². The molecular weight excluding hydrogens is 346 g/mol. The molecular formula is C16H35O2Sb. The van der Waals surface area contributed by atoms with Crippen LogP contribution in [0.15, 0.2) is 0 Å². The molecule has 0 radical (unpaired) electrons. The molecule has 0 saturated heterocycles. The van der Waals surface area contributed by atoms with Crippen molar-refractivity contribution >= 4 is 30.4 Å². The fraction of sp³-hybridized carbons (Fsp3) is 0.938. The number of hydrogen-bond acceptors (Lipinski definition) is 1. The topological polar surface area (TPSA) is 37.3 Å². The van der Waals surface area contributed by atoms with Crippen LogP contribution in [0.25, 0.3) is 0 Å². The van der Waals surface area contributed by atoms with Gasteiger partial charge in [-0.1, -0.05) is 84.0 Å². The van der Waals surface area contributed by atoms with Gasteiger partial charge in [0.15, 0.2) is 0 Å². The average molecular weight is 381 g/mol. The van der Waals surface area contributed by atoms with Crippen LogP contribution in [0.1, 0.15) is 96.8 Å². The van der Waals surface area contributed by atoms with Crippen LogP contribution in [-0.2, 0) is 4.79 Å². The summed E-state index contributed by atoms with van der Waals surface area (Å²) in [5.74, 6) is -0.655. The maximum atomic E-state index is 10.3. The first-order valence-corrected chi connectivity index (χ1v) is 7.99. The molecule has 0 aliphatic carbocycles. The maximum absolute atomic E-state index is 10.3. The fourth-order valence-corrected chi connectivity index (χ4v) is 2.29. The van der Waals surface area contributed by atoms with Crippen LogP contribution >= 0.6 is 0 Å². The molecule has 0 aromatic rings. The SMILES string of the molecule is CCCCCCCCCCCCCCCC(=O)O.[SbH3]. The Morgan fingerprint density at radius 2 is 1.00 bits per heavy atom. The van der Waals surface area contributed by atoms with Crippen molar-refractivity contribution in [3.05, 3.63) is 0 Å². The van der Waals surface area contributed by atoms with E-state index in [1.165, 1.54) is 70.6 Å². The Hall–Kier alpha value is 0.288. The van der Waals surface area contributed by atoms with Gasteiger partial charge in [0.05, 0.1) is 0 Å². The van der Waals surface area contributed by atoms with E-state index < -0.39 is 5.97 Å². The van der Waals surface area contributed by atoms with Gasteiger partial charge < -0.3 is 5.11 Å². The van der Waals surface area contributed by atoms with E-state index in [0.717, 1.165) is 12.8 Å². The van der Waals surface area contributed by atoms with Crippen molar-refractivity contribution in [1.82, 2.24) is 0 Å². The van der Waals surface area contributed by atoms with E-state index in [0.29, 0.717) is 6.42 Å². The number of aliphatic carboxylic acids is 1. The van der Waals surface area contributed by atoms with E-state index in [4.69, 9.17) is 5.11 Å². The molecule has 0 aromatic heterocycles. The van der Waals surface area contributed by atoms with Gasteiger partial charge in [-0.05, 0) is 6.42 Å². The number of carboxylic acid groups (broad SMARTS) is 1. The van der Waals surface area contributed by atoms with Crippen molar-refractivity contribution in [3.8, 4) is 0 Å². The zero-order chi connectivity index (χ0) is 13.5. The quantitative estimate of drug-likeness (QED) is 0.359. The monoisotopic (exact) mass is 380 g/mol. The van der Waals surface area contributed by atoms with Gasteiger partial charge in [-0.3, -0.25) is 4.79 Å². The molecule has 0 aromatic carbocycles. The summed E-state index contributed by atoms with van der Waals surface area (Å²) < 4.78 is 0. The molecule has 2 nitrogen and oxygen atoms in total. The second-order valence-corrected chi connectivity index (χ2v) is 5.39. The first kappa shape index (κ1) is 21.6. The van der Waals surface area contributed by atoms with E-state index in [1.807, 2.05) is 0 Å². The molecule has 0 rings (SSSR count). The molecule has 0 heterocycles. The van der Waals surface area contributed by atoms with Gasteiger partial charge >= 0.3 is 30.4 Å². The van der Waals surface area contributed by atoms with Crippen LogP contribution in [0.2, 0.25) is 0 Å². The summed E-state index contributed by atoms with van der Waals surface area (Å²) in [7, 11) is 0. The van der Waals surface area contributed by atoms with Crippen LogP contribution in [0.3, 0.4) is 0 Å². The summed E-state index contributed by atoms with van der Waals surface area (Å²) in [4.78, 5) is 10.3. The molecule has 0 atom stereocenters. The number of rotatable bonds is 14. The zero-order valence-electron chi connectivity index (χ0n) is 13.0. The zero-order valence-corrected chi connectivity index (χ0v) is 17.0. The van der Waals surface area contributed by atoms with Gasteiger partial charge in [0.2, 0.25) is 0 Å². The standard InChI is InChI=1S/C16H32O2.Sb.3H/c1-2-3-4-5-6-7-8-9-10-11-12-13-14-15-16(17)18;;;;/h2-15H2,1H3,(H,17,18);;;;. The van der Waals surface area contributed by atoms with Crippen molar-refractivity contribution in [3.63, 3.8) is 0 Å². The molecule has 0 amide bonds. The summed E-state index contributed by atoms with van der Waals surface area (Å²) in [6.07, 6.45) is 17.3. The molecule has 116 valence electrons. The number of hydrogen-bond donors (Lipinski definition) is 1. The molecule has 0 aliphatic heterocycles. The van der Waals surface area contributed by atoms with Gasteiger partial charge in [-0.15, -0.1) is 0 Å². The van der Waals surface area contributed by atoms with Gasteiger partial charge in [0.1, 0.15) is 0 Å². The fourth-order valence-electron chi connectivity index (χ4n) is 2.29. The predicted molar refractivity (Wildman–Crippen MR) is 87.9 cm³/mol.